The molecular weight excluding hydrogens is 224 g/mol. The van der Waals surface area contributed by atoms with Crippen molar-refractivity contribution in [2.45, 2.75) is 6.42 Å². The summed E-state index contributed by atoms with van der Waals surface area (Å²) >= 11 is 0. The summed E-state index contributed by atoms with van der Waals surface area (Å²) < 4.78 is 4.75. The summed E-state index contributed by atoms with van der Waals surface area (Å²) in [5.74, 6) is 0.0393. The third kappa shape index (κ3) is 3.13. The van der Waals surface area contributed by atoms with Crippen LogP contribution in [-0.4, -0.2) is 46.6 Å². The van der Waals surface area contributed by atoms with Crippen LogP contribution in [0.4, 0.5) is 10.7 Å². The van der Waals surface area contributed by atoms with Gasteiger partial charge < -0.3 is 9.64 Å². The van der Waals surface area contributed by atoms with E-state index in [1.165, 1.54) is 4.90 Å². The maximum absolute atomic E-state index is 11.5. The van der Waals surface area contributed by atoms with Crippen LogP contribution in [0.2, 0.25) is 0 Å². The smallest absolute Gasteiger partial charge is 0.409 e. The molecule has 1 aromatic rings. The summed E-state index contributed by atoms with van der Waals surface area (Å²) in [6.07, 6.45) is 2.92. The van der Waals surface area contributed by atoms with Gasteiger partial charge in [-0.3, -0.25) is 10.1 Å². The summed E-state index contributed by atoms with van der Waals surface area (Å²) in [6.45, 7) is 1.27. The SMILES string of the molecule is O=C(CCN1CCOC1=O)Nc1ncccn1. The maximum Gasteiger partial charge on any atom is 0.409 e. The van der Waals surface area contributed by atoms with E-state index >= 15 is 0 Å². The number of rotatable bonds is 4. The highest BCUT2D eigenvalue weighted by molar-refractivity contribution is 5.89. The van der Waals surface area contributed by atoms with Crippen molar-refractivity contribution in [1.29, 1.82) is 0 Å². The molecule has 2 heterocycles. The molecule has 0 spiro atoms. The van der Waals surface area contributed by atoms with Crippen LogP contribution in [-0.2, 0) is 9.53 Å². The molecular formula is C10H12N4O3. The van der Waals surface area contributed by atoms with Gasteiger partial charge in [0.15, 0.2) is 0 Å². The number of aromatic nitrogens is 2. The van der Waals surface area contributed by atoms with Crippen molar-refractivity contribution in [1.82, 2.24) is 14.9 Å². The zero-order chi connectivity index (χ0) is 12.1. The van der Waals surface area contributed by atoms with E-state index in [-0.39, 0.29) is 24.4 Å². The molecule has 7 heteroatoms. The van der Waals surface area contributed by atoms with Crippen LogP contribution in [0.3, 0.4) is 0 Å². The average molecular weight is 236 g/mol. The molecule has 0 unspecified atom stereocenters. The minimum Gasteiger partial charge on any atom is -0.448 e. The van der Waals surface area contributed by atoms with Crippen LogP contribution in [0.15, 0.2) is 18.5 Å². The molecule has 1 aliphatic heterocycles. The standard InChI is InChI=1S/C10H12N4O3/c15-8(13-9-11-3-1-4-12-9)2-5-14-6-7-17-10(14)16/h1,3-4H,2,5-7H2,(H,11,12,13,15). The van der Waals surface area contributed by atoms with Gasteiger partial charge in [0, 0.05) is 25.4 Å². The van der Waals surface area contributed by atoms with Gasteiger partial charge in [-0.1, -0.05) is 0 Å². The lowest BCUT2D eigenvalue weighted by atomic mass is 10.3. The molecule has 0 aromatic carbocycles. The number of carbonyl (C=O) groups is 2. The molecule has 1 saturated heterocycles. The molecule has 1 fully saturated rings. The molecule has 0 radical (unpaired) electrons. The minimum atomic E-state index is -0.367. The Morgan fingerprint density at radius 2 is 2.24 bits per heavy atom. The Morgan fingerprint density at radius 3 is 2.88 bits per heavy atom. The highest BCUT2D eigenvalue weighted by Gasteiger charge is 2.22. The fourth-order valence-electron chi connectivity index (χ4n) is 1.42. The van der Waals surface area contributed by atoms with E-state index in [1.807, 2.05) is 0 Å². The van der Waals surface area contributed by atoms with Gasteiger partial charge in [0.2, 0.25) is 11.9 Å². The second kappa shape index (κ2) is 5.24. The summed E-state index contributed by atoms with van der Waals surface area (Å²) in [7, 11) is 0. The highest BCUT2D eigenvalue weighted by atomic mass is 16.6. The molecule has 90 valence electrons. The number of anilines is 1. The Labute approximate surface area is 97.8 Å². The molecule has 7 nitrogen and oxygen atoms in total. The lowest BCUT2D eigenvalue weighted by molar-refractivity contribution is -0.116. The van der Waals surface area contributed by atoms with Gasteiger partial charge in [0.1, 0.15) is 6.61 Å². The molecule has 17 heavy (non-hydrogen) atoms. The first-order valence-corrected chi connectivity index (χ1v) is 5.24. The van der Waals surface area contributed by atoms with E-state index in [2.05, 4.69) is 15.3 Å². The molecule has 1 aromatic heterocycles. The molecule has 0 atom stereocenters. The van der Waals surface area contributed by atoms with E-state index in [9.17, 15) is 9.59 Å². The fraction of sp³-hybridized carbons (Fsp3) is 0.400. The average Bonchev–Trinajstić information content (AvgIpc) is 2.74. The number of amides is 2. The summed E-state index contributed by atoms with van der Waals surface area (Å²) in [6, 6.07) is 1.66. The van der Waals surface area contributed by atoms with Gasteiger partial charge in [-0.05, 0) is 6.07 Å². The number of nitrogens with one attached hydrogen (secondary N) is 1. The molecule has 2 amide bonds. The number of hydrogen-bond donors (Lipinski definition) is 1. The number of hydrogen-bond acceptors (Lipinski definition) is 5. The second-order valence-electron chi connectivity index (χ2n) is 3.47. The van der Waals surface area contributed by atoms with Crippen molar-refractivity contribution in [3.63, 3.8) is 0 Å². The van der Waals surface area contributed by atoms with E-state index in [0.717, 1.165) is 0 Å². The maximum atomic E-state index is 11.5. The zero-order valence-electron chi connectivity index (χ0n) is 9.13. The number of carbonyl (C=O) groups excluding carboxylic acids is 2. The number of nitrogens with zero attached hydrogens (tertiary/aromatic N) is 3. The van der Waals surface area contributed by atoms with Gasteiger partial charge in [-0.15, -0.1) is 0 Å². The Bertz CT molecular complexity index is 409. The first-order valence-electron chi connectivity index (χ1n) is 5.24. The Morgan fingerprint density at radius 1 is 1.47 bits per heavy atom. The first kappa shape index (κ1) is 11.3. The third-order valence-corrected chi connectivity index (χ3v) is 2.27. The van der Waals surface area contributed by atoms with Gasteiger partial charge in [0.05, 0.1) is 6.54 Å². The minimum absolute atomic E-state index is 0.202. The monoisotopic (exact) mass is 236 g/mol. The zero-order valence-corrected chi connectivity index (χ0v) is 9.13. The summed E-state index contributed by atoms with van der Waals surface area (Å²) in [5.41, 5.74) is 0. The van der Waals surface area contributed by atoms with E-state index in [0.29, 0.717) is 19.7 Å². The van der Waals surface area contributed by atoms with Crippen LogP contribution in [0.5, 0.6) is 0 Å². The molecule has 1 aliphatic rings. The van der Waals surface area contributed by atoms with E-state index in [4.69, 9.17) is 4.74 Å². The molecule has 0 bridgehead atoms. The molecule has 2 rings (SSSR count). The highest BCUT2D eigenvalue weighted by Crippen LogP contribution is 2.04. The largest absolute Gasteiger partial charge is 0.448 e. The Kier molecular flexibility index (Phi) is 3.49. The van der Waals surface area contributed by atoms with Crippen molar-refractivity contribution in [3.8, 4) is 0 Å². The van der Waals surface area contributed by atoms with E-state index in [1.54, 1.807) is 18.5 Å². The molecule has 1 N–H and O–H groups in total. The Balaban J connectivity index is 1.76. The van der Waals surface area contributed by atoms with Crippen LogP contribution >= 0.6 is 0 Å². The summed E-state index contributed by atoms with van der Waals surface area (Å²) in [4.78, 5) is 31.8. The van der Waals surface area contributed by atoms with Gasteiger partial charge in [-0.25, -0.2) is 14.8 Å². The molecule has 0 aliphatic carbocycles. The van der Waals surface area contributed by atoms with Crippen LogP contribution < -0.4 is 5.32 Å². The quantitative estimate of drug-likeness (QED) is 0.810. The third-order valence-electron chi connectivity index (χ3n) is 2.27. The lowest BCUT2D eigenvalue weighted by Gasteiger charge is -2.11. The van der Waals surface area contributed by atoms with Gasteiger partial charge >= 0.3 is 6.09 Å². The van der Waals surface area contributed by atoms with Crippen molar-refractivity contribution in [2.24, 2.45) is 0 Å². The van der Waals surface area contributed by atoms with Crippen LogP contribution in [0, 0.1) is 0 Å². The second-order valence-corrected chi connectivity index (χ2v) is 3.47. The van der Waals surface area contributed by atoms with Crippen LogP contribution in [0.1, 0.15) is 6.42 Å². The Hall–Kier alpha value is -2.18. The predicted octanol–water partition coefficient (Wildman–Crippen LogP) is 0.257. The van der Waals surface area contributed by atoms with Crippen molar-refractivity contribution in [3.05, 3.63) is 18.5 Å². The first-order chi connectivity index (χ1) is 8.25. The van der Waals surface area contributed by atoms with Gasteiger partial charge in [0.25, 0.3) is 0 Å². The van der Waals surface area contributed by atoms with Crippen LogP contribution in [0.25, 0.3) is 0 Å². The van der Waals surface area contributed by atoms with Crippen molar-refractivity contribution in [2.75, 3.05) is 25.0 Å². The van der Waals surface area contributed by atoms with E-state index < -0.39 is 0 Å². The molecule has 0 saturated carbocycles. The normalized spacial score (nSPS) is 14.6. The summed E-state index contributed by atoms with van der Waals surface area (Å²) in [5, 5.41) is 2.54. The fourth-order valence-corrected chi connectivity index (χ4v) is 1.42. The number of ether oxygens (including phenoxy) is 1. The lowest BCUT2D eigenvalue weighted by Crippen LogP contribution is -2.28. The predicted molar refractivity (Wildman–Crippen MR) is 58.2 cm³/mol. The van der Waals surface area contributed by atoms with Crippen molar-refractivity contribution >= 4 is 17.9 Å². The van der Waals surface area contributed by atoms with Gasteiger partial charge in [-0.2, -0.15) is 0 Å². The van der Waals surface area contributed by atoms with Crippen molar-refractivity contribution < 1.29 is 14.3 Å². The topological polar surface area (TPSA) is 84.4 Å². The number of cyclic esters (lactones) is 1.